The predicted octanol–water partition coefficient (Wildman–Crippen LogP) is 0.941. The van der Waals surface area contributed by atoms with Crippen LogP contribution in [0.1, 0.15) is 35.9 Å². The van der Waals surface area contributed by atoms with Gasteiger partial charge in [0.2, 0.25) is 0 Å². The minimum Gasteiger partial charge on any atom is -0.350 e. The molecule has 0 radical (unpaired) electrons. The molecule has 18 heavy (non-hydrogen) atoms. The van der Waals surface area contributed by atoms with E-state index in [9.17, 15) is 4.79 Å². The first-order valence-corrected chi connectivity index (χ1v) is 6.74. The number of carbonyl (C=O) groups is 1. The lowest BCUT2D eigenvalue weighted by Gasteiger charge is -2.22. The molecule has 1 aromatic rings. The first kappa shape index (κ1) is 13.1. The molecule has 5 heteroatoms. The van der Waals surface area contributed by atoms with E-state index >= 15 is 0 Å². The summed E-state index contributed by atoms with van der Waals surface area (Å²) in [6.07, 6.45) is 2.29. The van der Waals surface area contributed by atoms with Crippen LogP contribution in [0, 0.1) is 12.8 Å². The van der Waals surface area contributed by atoms with Gasteiger partial charge in [0.15, 0.2) is 0 Å². The number of hydrogen-bond donors (Lipinski definition) is 2. The van der Waals surface area contributed by atoms with E-state index in [0.29, 0.717) is 11.6 Å². The first-order valence-electron chi connectivity index (χ1n) is 6.74. The van der Waals surface area contributed by atoms with E-state index < -0.39 is 0 Å². The molecule has 100 valence electrons. The standard InChI is InChI=1S/C13H22N4O/c1-3-17-12(8-10(2)16-17)13(18)15-9-11-4-6-14-7-5-11/h8,11,14H,3-7,9H2,1-2H3,(H,15,18). The maximum absolute atomic E-state index is 12.1. The van der Waals surface area contributed by atoms with Gasteiger partial charge >= 0.3 is 0 Å². The van der Waals surface area contributed by atoms with Gasteiger partial charge in [0, 0.05) is 13.1 Å². The van der Waals surface area contributed by atoms with Crippen LogP contribution in [0.3, 0.4) is 0 Å². The molecule has 2 heterocycles. The topological polar surface area (TPSA) is 59.0 Å². The molecule has 0 bridgehead atoms. The average Bonchev–Trinajstić information content (AvgIpc) is 2.78. The molecule has 2 N–H and O–H groups in total. The molecular weight excluding hydrogens is 228 g/mol. The number of amides is 1. The smallest absolute Gasteiger partial charge is 0.269 e. The summed E-state index contributed by atoms with van der Waals surface area (Å²) in [6, 6.07) is 1.85. The van der Waals surface area contributed by atoms with Crippen molar-refractivity contribution in [2.75, 3.05) is 19.6 Å². The minimum atomic E-state index is -0.00372. The van der Waals surface area contributed by atoms with Gasteiger partial charge in [-0.15, -0.1) is 0 Å². The fraction of sp³-hybridized carbons (Fsp3) is 0.692. The van der Waals surface area contributed by atoms with E-state index in [1.54, 1.807) is 4.68 Å². The normalized spacial score (nSPS) is 16.8. The summed E-state index contributed by atoms with van der Waals surface area (Å²) < 4.78 is 1.76. The van der Waals surface area contributed by atoms with Gasteiger partial charge in [0.05, 0.1) is 5.69 Å². The highest BCUT2D eigenvalue weighted by molar-refractivity contribution is 5.92. The minimum absolute atomic E-state index is 0.00372. The molecule has 1 aliphatic rings. The predicted molar refractivity (Wildman–Crippen MR) is 70.6 cm³/mol. The van der Waals surface area contributed by atoms with Crippen molar-refractivity contribution in [3.8, 4) is 0 Å². The molecule has 0 spiro atoms. The van der Waals surface area contributed by atoms with Crippen molar-refractivity contribution in [2.24, 2.45) is 5.92 Å². The lowest BCUT2D eigenvalue weighted by Crippen LogP contribution is -2.36. The highest BCUT2D eigenvalue weighted by atomic mass is 16.2. The van der Waals surface area contributed by atoms with Gasteiger partial charge in [0.1, 0.15) is 5.69 Å². The zero-order valence-electron chi connectivity index (χ0n) is 11.2. The third-order valence-electron chi connectivity index (χ3n) is 3.44. The molecular formula is C13H22N4O. The fourth-order valence-corrected chi connectivity index (χ4v) is 2.38. The fourth-order valence-electron chi connectivity index (χ4n) is 2.38. The molecule has 2 rings (SSSR count). The van der Waals surface area contributed by atoms with Crippen molar-refractivity contribution in [3.05, 3.63) is 17.5 Å². The number of aromatic nitrogens is 2. The van der Waals surface area contributed by atoms with Gasteiger partial charge in [-0.25, -0.2) is 0 Å². The second kappa shape index (κ2) is 6.00. The van der Waals surface area contributed by atoms with Gasteiger partial charge in [-0.2, -0.15) is 5.10 Å². The Morgan fingerprint density at radius 3 is 2.94 bits per heavy atom. The van der Waals surface area contributed by atoms with E-state index in [-0.39, 0.29) is 5.91 Å². The molecule has 0 saturated carbocycles. The van der Waals surface area contributed by atoms with E-state index in [0.717, 1.165) is 44.7 Å². The van der Waals surface area contributed by atoms with Crippen LogP contribution < -0.4 is 10.6 Å². The van der Waals surface area contributed by atoms with E-state index in [1.165, 1.54) is 0 Å². The number of hydrogen-bond acceptors (Lipinski definition) is 3. The summed E-state index contributed by atoms with van der Waals surface area (Å²) in [5, 5.41) is 10.6. The van der Waals surface area contributed by atoms with Crippen LogP contribution in [0.2, 0.25) is 0 Å². The Labute approximate surface area is 108 Å². The molecule has 1 aromatic heterocycles. The van der Waals surface area contributed by atoms with Gasteiger partial charge in [0.25, 0.3) is 5.91 Å². The zero-order chi connectivity index (χ0) is 13.0. The Hall–Kier alpha value is -1.36. The van der Waals surface area contributed by atoms with Crippen molar-refractivity contribution in [1.82, 2.24) is 20.4 Å². The van der Waals surface area contributed by atoms with Crippen molar-refractivity contribution >= 4 is 5.91 Å². The van der Waals surface area contributed by atoms with E-state index in [2.05, 4.69) is 15.7 Å². The van der Waals surface area contributed by atoms with E-state index in [1.807, 2.05) is 19.9 Å². The molecule has 0 unspecified atom stereocenters. The highest BCUT2D eigenvalue weighted by Crippen LogP contribution is 2.10. The second-order valence-electron chi connectivity index (χ2n) is 4.89. The largest absolute Gasteiger partial charge is 0.350 e. The van der Waals surface area contributed by atoms with Crippen LogP contribution in [-0.2, 0) is 6.54 Å². The maximum Gasteiger partial charge on any atom is 0.269 e. The first-order chi connectivity index (χ1) is 8.70. The SMILES string of the molecule is CCn1nc(C)cc1C(=O)NCC1CCNCC1. The van der Waals surface area contributed by atoms with Crippen LogP contribution >= 0.6 is 0 Å². The monoisotopic (exact) mass is 250 g/mol. The number of carbonyl (C=O) groups excluding carboxylic acids is 1. The van der Waals surface area contributed by atoms with Crippen molar-refractivity contribution in [2.45, 2.75) is 33.2 Å². The zero-order valence-corrected chi connectivity index (χ0v) is 11.2. The number of aryl methyl sites for hydroxylation is 2. The Kier molecular flexibility index (Phi) is 4.36. The number of rotatable bonds is 4. The number of nitrogens with one attached hydrogen (secondary N) is 2. The van der Waals surface area contributed by atoms with Crippen LogP contribution in [0.4, 0.5) is 0 Å². The second-order valence-corrected chi connectivity index (χ2v) is 4.89. The van der Waals surface area contributed by atoms with Crippen molar-refractivity contribution in [1.29, 1.82) is 0 Å². The third-order valence-corrected chi connectivity index (χ3v) is 3.44. The molecule has 0 aromatic carbocycles. The summed E-state index contributed by atoms with van der Waals surface area (Å²) in [7, 11) is 0. The van der Waals surface area contributed by atoms with Crippen LogP contribution in [0.5, 0.6) is 0 Å². The summed E-state index contributed by atoms with van der Waals surface area (Å²) in [6.45, 7) is 7.53. The highest BCUT2D eigenvalue weighted by Gasteiger charge is 2.16. The number of nitrogens with zero attached hydrogens (tertiary/aromatic N) is 2. The summed E-state index contributed by atoms with van der Waals surface area (Å²) in [4.78, 5) is 12.1. The molecule has 1 saturated heterocycles. The van der Waals surface area contributed by atoms with Gasteiger partial charge in [-0.05, 0) is 51.8 Å². The quantitative estimate of drug-likeness (QED) is 0.836. The van der Waals surface area contributed by atoms with Crippen LogP contribution in [0.25, 0.3) is 0 Å². The lowest BCUT2D eigenvalue weighted by molar-refractivity contribution is 0.0933. The average molecular weight is 250 g/mol. The van der Waals surface area contributed by atoms with Crippen molar-refractivity contribution in [3.63, 3.8) is 0 Å². The molecule has 1 fully saturated rings. The summed E-state index contributed by atoms with van der Waals surface area (Å²) >= 11 is 0. The van der Waals surface area contributed by atoms with Gasteiger partial charge in [-0.3, -0.25) is 9.48 Å². The Morgan fingerprint density at radius 1 is 1.56 bits per heavy atom. The van der Waals surface area contributed by atoms with Crippen LogP contribution in [-0.4, -0.2) is 35.3 Å². The Morgan fingerprint density at radius 2 is 2.28 bits per heavy atom. The molecule has 0 atom stereocenters. The molecule has 0 aliphatic carbocycles. The van der Waals surface area contributed by atoms with Gasteiger partial charge < -0.3 is 10.6 Å². The molecule has 1 amide bonds. The summed E-state index contributed by atoms with van der Waals surface area (Å²) in [5.74, 6) is 0.602. The summed E-state index contributed by atoms with van der Waals surface area (Å²) in [5.41, 5.74) is 1.56. The third kappa shape index (κ3) is 3.10. The Bertz CT molecular complexity index is 407. The van der Waals surface area contributed by atoms with E-state index in [4.69, 9.17) is 0 Å². The molecule has 1 aliphatic heterocycles. The Balaban J connectivity index is 1.90. The van der Waals surface area contributed by atoms with Crippen LogP contribution in [0.15, 0.2) is 6.07 Å². The number of piperidine rings is 1. The molecule has 5 nitrogen and oxygen atoms in total. The van der Waals surface area contributed by atoms with Gasteiger partial charge in [-0.1, -0.05) is 0 Å². The van der Waals surface area contributed by atoms with Crippen molar-refractivity contribution < 1.29 is 4.79 Å². The lowest BCUT2D eigenvalue weighted by atomic mass is 9.98. The maximum atomic E-state index is 12.1.